The van der Waals surface area contributed by atoms with Crippen LogP contribution in [0, 0.1) is 0 Å². The Morgan fingerprint density at radius 2 is 1.17 bits per heavy atom. The first-order valence-electron chi connectivity index (χ1n) is 9.81. The molecular formula is C22H36P2. The Balaban J connectivity index is 1.87. The predicted molar refractivity (Wildman–Crippen MR) is 113 cm³/mol. The van der Waals surface area contributed by atoms with Crippen LogP contribution < -0.4 is 0 Å². The lowest BCUT2D eigenvalue weighted by molar-refractivity contribution is 0.759. The average molecular weight is 362 g/mol. The van der Waals surface area contributed by atoms with Gasteiger partial charge in [-0.3, -0.25) is 0 Å². The summed E-state index contributed by atoms with van der Waals surface area (Å²) in [5, 5.41) is 0.996. The second-order valence-electron chi connectivity index (χ2n) is 9.71. The zero-order valence-corrected chi connectivity index (χ0v) is 18.4. The third-order valence-electron chi connectivity index (χ3n) is 5.91. The van der Waals surface area contributed by atoms with E-state index in [0.717, 1.165) is 11.3 Å². The summed E-state index contributed by atoms with van der Waals surface area (Å²) < 4.78 is 0. The lowest BCUT2D eigenvalue weighted by Crippen LogP contribution is -2.15. The van der Waals surface area contributed by atoms with Crippen LogP contribution in [-0.4, -0.2) is 22.6 Å². The largest absolute Gasteiger partial charge is 0.0935 e. The summed E-state index contributed by atoms with van der Waals surface area (Å²) in [6.07, 6.45) is 8.68. The van der Waals surface area contributed by atoms with Crippen molar-refractivity contribution in [3.63, 3.8) is 0 Å². The van der Waals surface area contributed by atoms with Gasteiger partial charge in [0.2, 0.25) is 0 Å². The van der Waals surface area contributed by atoms with Crippen molar-refractivity contribution in [3.05, 3.63) is 35.4 Å². The quantitative estimate of drug-likeness (QED) is 0.469. The topological polar surface area (TPSA) is 0 Å². The van der Waals surface area contributed by atoms with E-state index < -0.39 is 0 Å². The van der Waals surface area contributed by atoms with Gasteiger partial charge >= 0.3 is 0 Å². The fourth-order valence-corrected chi connectivity index (χ4v) is 11.7. The molecule has 4 atom stereocenters. The van der Waals surface area contributed by atoms with Gasteiger partial charge in [-0.1, -0.05) is 81.7 Å². The summed E-state index contributed by atoms with van der Waals surface area (Å²) in [7, 11) is 0.242. The first kappa shape index (κ1) is 18.9. The average Bonchev–Trinajstić information content (AvgIpc) is 3.15. The highest BCUT2D eigenvalue weighted by atomic mass is 31.1. The van der Waals surface area contributed by atoms with Crippen LogP contribution >= 0.6 is 15.8 Å². The fourth-order valence-electron chi connectivity index (χ4n) is 4.81. The summed E-state index contributed by atoms with van der Waals surface area (Å²) >= 11 is 0. The summed E-state index contributed by atoms with van der Waals surface area (Å²) in [6, 6.07) is 9.88. The summed E-state index contributed by atoms with van der Waals surface area (Å²) in [5.41, 5.74) is 5.04. The maximum atomic E-state index is 2.63. The number of hydrogen-bond acceptors (Lipinski definition) is 0. The Labute approximate surface area is 152 Å². The molecule has 2 saturated heterocycles. The standard InChI is InChI=1S/C22H36P2/c1-21(2,3)23-14-8-12-19(23)17-10-7-11-18(16-17)20-13-9-15-24(20)22(4,5)6/h7,10-11,16,19-20H,8-9,12-15H2,1-6H3/t19-,20-,23-,24-/m1/s1. The van der Waals surface area contributed by atoms with Gasteiger partial charge in [0.25, 0.3) is 0 Å². The fraction of sp³-hybridized carbons (Fsp3) is 0.727. The van der Waals surface area contributed by atoms with Crippen molar-refractivity contribution in [2.75, 3.05) is 12.3 Å². The van der Waals surface area contributed by atoms with E-state index in [-0.39, 0.29) is 15.8 Å². The Kier molecular flexibility index (Phi) is 5.50. The molecule has 1 aromatic carbocycles. The van der Waals surface area contributed by atoms with E-state index in [4.69, 9.17) is 0 Å². The van der Waals surface area contributed by atoms with Crippen LogP contribution in [0.5, 0.6) is 0 Å². The molecule has 0 N–H and O–H groups in total. The smallest absolute Gasteiger partial charge is 0.00467 e. The van der Waals surface area contributed by atoms with Crippen LogP contribution in [0.2, 0.25) is 0 Å². The molecule has 0 saturated carbocycles. The van der Waals surface area contributed by atoms with Gasteiger partial charge in [0.1, 0.15) is 0 Å². The summed E-state index contributed by atoms with van der Waals surface area (Å²) in [4.78, 5) is 0. The highest BCUT2D eigenvalue weighted by molar-refractivity contribution is 7.60. The van der Waals surface area contributed by atoms with Crippen molar-refractivity contribution >= 4 is 15.8 Å². The second-order valence-corrected chi connectivity index (χ2v) is 16.4. The zero-order chi connectivity index (χ0) is 17.5. The second kappa shape index (κ2) is 7.00. The van der Waals surface area contributed by atoms with Crippen LogP contribution in [0.25, 0.3) is 0 Å². The molecule has 24 heavy (non-hydrogen) atoms. The molecule has 0 bridgehead atoms. The molecule has 3 rings (SSSR count). The van der Waals surface area contributed by atoms with Crippen LogP contribution in [0.15, 0.2) is 24.3 Å². The molecule has 0 unspecified atom stereocenters. The molecule has 1 aromatic rings. The molecule has 0 radical (unpaired) electrons. The SMILES string of the molecule is CC(C)(C)[P@]1CCC[C@@H]1c1cccc([C@H]2CCC[P@@]2C(C)(C)C)c1. The van der Waals surface area contributed by atoms with Gasteiger partial charge in [-0.05, 0) is 59.4 Å². The predicted octanol–water partition coefficient (Wildman–Crippen LogP) is 7.92. The molecule has 0 aliphatic carbocycles. The van der Waals surface area contributed by atoms with Crippen LogP contribution in [0.1, 0.15) is 89.7 Å². The Bertz CT molecular complexity index is 517. The third-order valence-corrected chi connectivity index (χ3v) is 13.6. The minimum Gasteiger partial charge on any atom is -0.0935 e. The maximum Gasteiger partial charge on any atom is 0.00467 e. The first-order valence-corrected chi connectivity index (χ1v) is 13.0. The van der Waals surface area contributed by atoms with E-state index in [1.807, 2.05) is 0 Å². The molecule has 2 heteroatoms. The van der Waals surface area contributed by atoms with Gasteiger partial charge in [-0.2, -0.15) is 0 Å². The van der Waals surface area contributed by atoms with Crippen molar-refractivity contribution < 1.29 is 0 Å². The zero-order valence-electron chi connectivity index (χ0n) is 16.6. The van der Waals surface area contributed by atoms with E-state index in [0.29, 0.717) is 10.3 Å². The third kappa shape index (κ3) is 3.91. The van der Waals surface area contributed by atoms with Crippen molar-refractivity contribution in [3.8, 4) is 0 Å². The highest BCUT2D eigenvalue weighted by Gasteiger charge is 2.38. The van der Waals surface area contributed by atoms with Crippen LogP contribution in [0.4, 0.5) is 0 Å². The molecule has 2 aliphatic heterocycles. The lowest BCUT2D eigenvalue weighted by atomic mass is 10.0. The summed E-state index contributed by atoms with van der Waals surface area (Å²) in [6.45, 7) is 14.8. The van der Waals surface area contributed by atoms with E-state index in [1.54, 1.807) is 11.1 Å². The summed E-state index contributed by atoms with van der Waals surface area (Å²) in [5.74, 6) is 0. The molecule has 2 heterocycles. The van der Waals surface area contributed by atoms with Gasteiger partial charge in [0, 0.05) is 11.3 Å². The highest BCUT2D eigenvalue weighted by Crippen LogP contribution is 2.68. The van der Waals surface area contributed by atoms with Crippen molar-refractivity contribution in [2.45, 2.75) is 88.9 Å². The normalized spacial score (nSPS) is 31.6. The minimum absolute atomic E-state index is 0.121. The monoisotopic (exact) mass is 362 g/mol. The van der Waals surface area contributed by atoms with Crippen molar-refractivity contribution in [1.29, 1.82) is 0 Å². The molecular weight excluding hydrogens is 326 g/mol. The molecule has 2 fully saturated rings. The van der Waals surface area contributed by atoms with E-state index in [1.165, 1.54) is 38.0 Å². The van der Waals surface area contributed by atoms with Crippen molar-refractivity contribution in [1.82, 2.24) is 0 Å². The van der Waals surface area contributed by atoms with E-state index in [2.05, 4.69) is 65.8 Å². The molecule has 134 valence electrons. The van der Waals surface area contributed by atoms with Crippen LogP contribution in [-0.2, 0) is 0 Å². The van der Waals surface area contributed by atoms with Gasteiger partial charge in [0.15, 0.2) is 0 Å². The first-order chi connectivity index (χ1) is 11.2. The minimum atomic E-state index is 0.121. The van der Waals surface area contributed by atoms with Gasteiger partial charge in [0.05, 0.1) is 0 Å². The number of hydrogen-bond donors (Lipinski definition) is 0. The molecule has 0 amide bonds. The van der Waals surface area contributed by atoms with E-state index in [9.17, 15) is 0 Å². The lowest BCUT2D eigenvalue weighted by Gasteiger charge is -2.35. The number of rotatable bonds is 2. The van der Waals surface area contributed by atoms with Gasteiger partial charge in [-0.25, -0.2) is 0 Å². The Morgan fingerprint density at radius 3 is 1.54 bits per heavy atom. The van der Waals surface area contributed by atoms with Crippen molar-refractivity contribution in [2.24, 2.45) is 0 Å². The van der Waals surface area contributed by atoms with Crippen LogP contribution in [0.3, 0.4) is 0 Å². The molecule has 0 nitrogen and oxygen atoms in total. The molecule has 0 spiro atoms. The number of benzene rings is 1. The Morgan fingerprint density at radius 1 is 0.750 bits per heavy atom. The maximum absolute atomic E-state index is 2.63. The van der Waals surface area contributed by atoms with Gasteiger partial charge < -0.3 is 0 Å². The molecule has 2 aliphatic rings. The Hall–Kier alpha value is 0.0800. The van der Waals surface area contributed by atoms with Gasteiger partial charge in [-0.15, -0.1) is 0 Å². The molecule has 0 aromatic heterocycles. The van der Waals surface area contributed by atoms with E-state index >= 15 is 0 Å².